The van der Waals surface area contributed by atoms with Gasteiger partial charge in [-0.1, -0.05) is 27.2 Å². The maximum atomic E-state index is 11.9. The van der Waals surface area contributed by atoms with Gasteiger partial charge in [0.2, 0.25) is 11.8 Å². The molecule has 2 fully saturated rings. The van der Waals surface area contributed by atoms with Gasteiger partial charge in [-0.15, -0.1) is 0 Å². The van der Waals surface area contributed by atoms with E-state index in [0.717, 1.165) is 17.7 Å². The molecule has 1 heterocycles. The molecule has 0 spiro atoms. The number of fused-ring (bicyclic) bond motifs is 1. The summed E-state index contributed by atoms with van der Waals surface area (Å²) < 4.78 is 4.96. The first-order valence-corrected chi connectivity index (χ1v) is 6.42. The first kappa shape index (κ1) is 13.1. The summed E-state index contributed by atoms with van der Waals surface area (Å²) in [6.45, 7) is 5.94. The molecule has 1 aliphatic carbocycles. The smallest absolute Gasteiger partial charge is 0.326 e. The van der Waals surface area contributed by atoms with Crippen LogP contribution in [0, 0.1) is 17.3 Å². The van der Waals surface area contributed by atoms with Gasteiger partial charge < -0.3 is 4.74 Å². The number of hydrogen-bond donors (Lipinski definition) is 0. The van der Waals surface area contributed by atoms with Crippen LogP contribution in [0.3, 0.4) is 0 Å². The van der Waals surface area contributed by atoms with E-state index in [1.54, 1.807) is 0 Å². The zero-order valence-electron chi connectivity index (χ0n) is 11.1. The SMILES string of the molecule is CCCCOC(=O)CN1C(=O)C2C(C1=O)C2(C)C. The Kier molecular flexibility index (Phi) is 3.17. The van der Waals surface area contributed by atoms with Crippen molar-refractivity contribution in [3.8, 4) is 0 Å². The standard InChI is InChI=1S/C13H19NO4/c1-4-5-6-18-8(15)7-14-11(16)9-10(12(14)17)13(9,2)3/h9-10H,4-7H2,1-3H3. The van der Waals surface area contributed by atoms with Crippen LogP contribution in [0.25, 0.3) is 0 Å². The van der Waals surface area contributed by atoms with Gasteiger partial charge in [-0.05, 0) is 11.8 Å². The van der Waals surface area contributed by atoms with E-state index in [1.807, 2.05) is 20.8 Å². The Balaban J connectivity index is 1.87. The van der Waals surface area contributed by atoms with Crippen molar-refractivity contribution >= 4 is 17.8 Å². The summed E-state index contributed by atoms with van der Waals surface area (Å²) in [6, 6.07) is 0. The van der Waals surface area contributed by atoms with Crippen LogP contribution in [0.2, 0.25) is 0 Å². The van der Waals surface area contributed by atoms with Gasteiger partial charge >= 0.3 is 5.97 Å². The summed E-state index contributed by atoms with van der Waals surface area (Å²) in [5.41, 5.74) is -0.225. The fourth-order valence-electron chi connectivity index (χ4n) is 2.66. The van der Waals surface area contributed by atoms with Crippen molar-refractivity contribution < 1.29 is 19.1 Å². The van der Waals surface area contributed by atoms with E-state index < -0.39 is 5.97 Å². The lowest BCUT2D eigenvalue weighted by molar-refractivity contribution is -0.154. The highest BCUT2D eigenvalue weighted by molar-refractivity contribution is 6.11. The number of esters is 1. The van der Waals surface area contributed by atoms with E-state index >= 15 is 0 Å². The van der Waals surface area contributed by atoms with E-state index in [2.05, 4.69) is 0 Å². The van der Waals surface area contributed by atoms with Crippen LogP contribution < -0.4 is 0 Å². The molecule has 1 saturated heterocycles. The highest BCUT2D eigenvalue weighted by Crippen LogP contribution is 2.63. The van der Waals surface area contributed by atoms with Crippen molar-refractivity contribution in [2.24, 2.45) is 17.3 Å². The van der Waals surface area contributed by atoms with E-state index in [-0.39, 0.29) is 35.6 Å². The lowest BCUT2D eigenvalue weighted by Crippen LogP contribution is -2.40. The number of unbranched alkanes of at least 4 members (excludes halogenated alkanes) is 1. The number of ether oxygens (including phenoxy) is 1. The predicted molar refractivity (Wildman–Crippen MR) is 63.3 cm³/mol. The number of imide groups is 1. The molecular weight excluding hydrogens is 234 g/mol. The summed E-state index contributed by atoms with van der Waals surface area (Å²) in [6.07, 6.45) is 1.74. The highest BCUT2D eigenvalue weighted by Gasteiger charge is 2.72. The van der Waals surface area contributed by atoms with Crippen molar-refractivity contribution in [2.45, 2.75) is 33.6 Å². The topological polar surface area (TPSA) is 63.7 Å². The third-order valence-electron chi connectivity index (χ3n) is 3.94. The molecule has 2 unspecified atom stereocenters. The van der Waals surface area contributed by atoms with Crippen LogP contribution in [0.4, 0.5) is 0 Å². The molecular formula is C13H19NO4. The van der Waals surface area contributed by atoms with Gasteiger partial charge in [-0.25, -0.2) is 0 Å². The zero-order valence-corrected chi connectivity index (χ0v) is 11.1. The number of amides is 2. The van der Waals surface area contributed by atoms with Crippen molar-refractivity contribution in [1.82, 2.24) is 4.90 Å². The number of carbonyl (C=O) groups is 3. The summed E-state index contributed by atoms with van der Waals surface area (Å²) in [4.78, 5) is 36.4. The monoisotopic (exact) mass is 253 g/mol. The van der Waals surface area contributed by atoms with Gasteiger partial charge in [0.15, 0.2) is 0 Å². The largest absolute Gasteiger partial charge is 0.464 e. The molecule has 1 aliphatic heterocycles. The molecule has 0 N–H and O–H groups in total. The molecule has 0 aromatic carbocycles. The third-order valence-corrected chi connectivity index (χ3v) is 3.94. The Morgan fingerprint density at radius 1 is 1.28 bits per heavy atom. The maximum absolute atomic E-state index is 11.9. The number of nitrogens with zero attached hydrogens (tertiary/aromatic N) is 1. The number of carbonyl (C=O) groups excluding carboxylic acids is 3. The summed E-state index contributed by atoms with van der Waals surface area (Å²) in [7, 11) is 0. The van der Waals surface area contributed by atoms with E-state index in [4.69, 9.17) is 4.74 Å². The molecule has 5 nitrogen and oxygen atoms in total. The molecule has 2 rings (SSSR count). The normalized spacial score (nSPS) is 28.3. The predicted octanol–water partition coefficient (Wildman–Crippen LogP) is 0.971. The van der Waals surface area contributed by atoms with Crippen molar-refractivity contribution in [3.63, 3.8) is 0 Å². The third kappa shape index (κ3) is 1.91. The summed E-state index contributed by atoms with van der Waals surface area (Å²) in [5.74, 6) is -1.39. The molecule has 2 atom stereocenters. The fourth-order valence-corrected chi connectivity index (χ4v) is 2.66. The van der Waals surface area contributed by atoms with E-state index in [9.17, 15) is 14.4 Å². The molecule has 0 bridgehead atoms. The lowest BCUT2D eigenvalue weighted by atomic mass is 10.1. The van der Waals surface area contributed by atoms with E-state index in [1.165, 1.54) is 0 Å². The quantitative estimate of drug-likeness (QED) is 0.416. The second-order valence-corrected chi connectivity index (χ2v) is 5.61. The van der Waals surface area contributed by atoms with Gasteiger partial charge in [0.25, 0.3) is 0 Å². The highest BCUT2D eigenvalue weighted by atomic mass is 16.5. The molecule has 100 valence electrons. The molecule has 0 aromatic rings. The van der Waals surface area contributed by atoms with Crippen LogP contribution in [-0.4, -0.2) is 35.8 Å². The van der Waals surface area contributed by atoms with Crippen LogP contribution >= 0.6 is 0 Å². The number of hydrogen-bond acceptors (Lipinski definition) is 4. The molecule has 1 saturated carbocycles. The number of likely N-dealkylation sites (tertiary alicyclic amines) is 1. The molecule has 2 amide bonds. The first-order valence-electron chi connectivity index (χ1n) is 6.42. The minimum atomic E-state index is -0.496. The van der Waals surface area contributed by atoms with Gasteiger partial charge in [0.05, 0.1) is 18.4 Å². The zero-order chi connectivity index (χ0) is 13.5. The van der Waals surface area contributed by atoms with Gasteiger partial charge in [0.1, 0.15) is 6.54 Å². The minimum absolute atomic E-state index is 0.220. The Bertz CT molecular complexity index is 378. The Labute approximate surface area is 106 Å². The molecule has 2 aliphatic rings. The van der Waals surface area contributed by atoms with Crippen molar-refractivity contribution in [3.05, 3.63) is 0 Å². The summed E-state index contributed by atoms with van der Waals surface area (Å²) >= 11 is 0. The van der Waals surface area contributed by atoms with E-state index in [0.29, 0.717) is 6.61 Å². The lowest BCUT2D eigenvalue weighted by Gasteiger charge is -2.19. The number of rotatable bonds is 5. The van der Waals surface area contributed by atoms with Crippen LogP contribution in [0.15, 0.2) is 0 Å². The van der Waals surface area contributed by atoms with Crippen LogP contribution in [0.5, 0.6) is 0 Å². The second-order valence-electron chi connectivity index (χ2n) is 5.61. The molecule has 5 heteroatoms. The summed E-state index contributed by atoms with van der Waals surface area (Å²) in [5, 5.41) is 0. The Morgan fingerprint density at radius 2 is 1.83 bits per heavy atom. The minimum Gasteiger partial charge on any atom is -0.464 e. The average Bonchev–Trinajstić information content (AvgIpc) is 2.77. The fraction of sp³-hybridized carbons (Fsp3) is 0.769. The van der Waals surface area contributed by atoms with Crippen LogP contribution in [0.1, 0.15) is 33.6 Å². The Morgan fingerprint density at radius 3 is 2.33 bits per heavy atom. The second kappa shape index (κ2) is 4.37. The molecule has 0 aromatic heterocycles. The molecule has 18 heavy (non-hydrogen) atoms. The number of piperidine rings is 1. The average molecular weight is 253 g/mol. The first-order chi connectivity index (χ1) is 8.41. The van der Waals surface area contributed by atoms with Gasteiger partial charge in [0, 0.05) is 0 Å². The maximum Gasteiger partial charge on any atom is 0.326 e. The Hall–Kier alpha value is -1.39. The van der Waals surface area contributed by atoms with Gasteiger partial charge in [-0.2, -0.15) is 0 Å². The van der Waals surface area contributed by atoms with Crippen molar-refractivity contribution in [1.29, 1.82) is 0 Å². The molecule has 0 radical (unpaired) electrons. The van der Waals surface area contributed by atoms with Gasteiger partial charge in [-0.3, -0.25) is 19.3 Å². The van der Waals surface area contributed by atoms with Crippen LogP contribution in [-0.2, 0) is 19.1 Å². The van der Waals surface area contributed by atoms with Crippen molar-refractivity contribution in [2.75, 3.05) is 13.2 Å².